The van der Waals surface area contributed by atoms with Crippen LogP contribution >= 0.6 is 0 Å². The second-order valence-corrected chi connectivity index (χ2v) is 5.90. The number of likely N-dealkylation sites (N-methyl/N-ethyl adjacent to an activating group) is 1. The van der Waals surface area contributed by atoms with E-state index in [1.54, 1.807) is 0 Å². The van der Waals surface area contributed by atoms with E-state index in [4.69, 9.17) is 0 Å². The molecule has 1 fully saturated rings. The summed E-state index contributed by atoms with van der Waals surface area (Å²) in [6.45, 7) is 6.63. The van der Waals surface area contributed by atoms with Gasteiger partial charge in [0, 0.05) is 39.0 Å². The van der Waals surface area contributed by atoms with Crippen molar-refractivity contribution in [2.45, 2.75) is 45.6 Å². The first-order chi connectivity index (χ1) is 10.2. The van der Waals surface area contributed by atoms with Crippen LogP contribution in [0.25, 0.3) is 0 Å². The highest BCUT2D eigenvalue weighted by Gasteiger charge is 2.29. The van der Waals surface area contributed by atoms with Crippen molar-refractivity contribution in [2.24, 2.45) is 13.0 Å². The van der Waals surface area contributed by atoms with E-state index in [2.05, 4.69) is 14.9 Å². The monoisotopic (exact) mass is 292 g/mol. The molecule has 118 valence electrons. The molecule has 0 saturated carbocycles. The molecule has 2 rings (SSSR count). The number of amides is 1. The first kappa shape index (κ1) is 16.0. The lowest BCUT2D eigenvalue weighted by atomic mass is 9.88. The fourth-order valence-corrected chi connectivity index (χ4v) is 3.17. The van der Waals surface area contributed by atoms with Crippen molar-refractivity contribution in [3.63, 3.8) is 0 Å². The van der Waals surface area contributed by atoms with Gasteiger partial charge in [0.05, 0.1) is 6.04 Å². The minimum absolute atomic E-state index is 0.00465. The first-order valence-corrected chi connectivity index (χ1v) is 8.14. The quantitative estimate of drug-likeness (QED) is 0.866. The van der Waals surface area contributed by atoms with Crippen LogP contribution in [0, 0.1) is 5.92 Å². The number of hydrogen-bond donors (Lipinski definition) is 1. The van der Waals surface area contributed by atoms with Crippen molar-refractivity contribution in [1.82, 2.24) is 19.8 Å². The number of rotatable bonds is 6. The number of aryl methyl sites for hydroxylation is 2. The van der Waals surface area contributed by atoms with Crippen molar-refractivity contribution in [1.29, 1.82) is 0 Å². The Morgan fingerprint density at radius 3 is 2.86 bits per heavy atom. The molecule has 0 aromatic carbocycles. The summed E-state index contributed by atoms with van der Waals surface area (Å²) in [6.07, 6.45) is 8.08. The molecule has 1 N–H and O–H groups in total. The summed E-state index contributed by atoms with van der Waals surface area (Å²) in [5.74, 6) is 2.02. The Balaban J connectivity index is 1.86. The van der Waals surface area contributed by atoms with E-state index >= 15 is 0 Å². The van der Waals surface area contributed by atoms with Gasteiger partial charge in [-0.1, -0.05) is 0 Å². The van der Waals surface area contributed by atoms with Gasteiger partial charge in [0.1, 0.15) is 5.82 Å². The number of aromatic nitrogens is 2. The smallest absolute Gasteiger partial charge is 0.239 e. The topological polar surface area (TPSA) is 50.2 Å². The van der Waals surface area contributed by atoms with Gasteiger partial charge in [-0.25, -0.2) is 4.98 Å². The Bertz CT molecular complexity index is 453. The highest BCUT2D eigenvalue weighted by Crippen LogP contribution is 2.22. The van der Waals surface area contributed by atoms with Gasteiger partial charge in [0.25, 0.3) is 0 Å². The van der Waals surface area contributed by atoms with Crippen LogP contribution in [0.5, 0.6) is 0 Å². The zero-order valence-corrected chi connectivity index (χ0v) is 13.5. The molecule has 0 bridgehead atoms. The molecule has 1 amide bonds. The maximum Gasteiger partial charge on any atom is 0.239 e. The van der Waals surface area contributed by atoms with Crippen molar-refractivity contribution in [3.8, 4) is 0 Å². The third kappa shape index (κ3) is 4.06. The third-order valence-electron chi connectivity index (χ3n) is 4.58. The molecule has 5 heteroatoms. The van der Waals surface area contributed by atoms with Crippen LogP contribution in [0.2, 0.25) is 0 Å². The van der Waals surface area contributed by atoms with Crippen LogP contribution in [0.15, 0.2) is 12.4 Å². The van der Waals surface area contributed by atoms with E-state index in [1.807, 2.05) is 38.2 Å². The Morgan fingerprint density at radius 2 is 2.24 bits per heavy atom. The molecule has 1 aliphatic heterocycles. The zero-order valence-electron chi connectivity index (χ0n) is 13.5. The molecule has 21 heavy (non-hydrogen) atoms. The van der Waals surface area contributed by atoms with E-state index in [-0.39, 0.29) is 11.9 Å². The number of imidazole rings is 1. The van der Waals surface area contributed by atoms with Gasteiger partial charge >= 0.3 is 0 Å². The average Bonchev–Trinajstić information content (AvgIpc) is 2.92. The van der Waals surface area contributed by atoms with Crippen LogP contribution in [-0.2, 0) is 18.3 Å². The normalized spacial score (nSPS) is 22.2. The van der Waals surface area contributed by atoms with Crippen LogP contribution in [0.3, 0.4) is 0 Å². The third-order valence-corrected chi connectivity index (χ3v) is 4.58. The van der Waals surface area contributed by atoms with E-state index in [0.717, 1.165) is 51.1 Å². The van der Waals surface area contributed by atoms with Gasteiger partial charge in [0.2, 0.25) is 5.91 Å². The van der Waals surface area contributed by atoms with Gasteiger partial charge in [-0.15, -0.1) is 0 Å². The number of carbonyl (C=O) groups is 1. The average molecular weight is 292 g/mol. The van der Waals surface area contributed by atoms with E-state index in [9.17, 15) is 4.79 Å². The van der Waals surface area contributed by atoms with Crippen molar-refractivity contribution >= 4 is 5.91 Å². The number of carbonyl (C=O) groups excluding carboxylic acids is 1. The van der Waals surface area contributed by atoms with E-state index < -0.39 is 0 Å². The lowest BCUT2D eigenvalue weighted by molar-refractivity contribution is -0.134. The van der Waals surface area contributed by atoms with Crippen LogP contribution in [0.4, 0.5) is 0 Å². The van der Waals surface area contributed by atoms with Gasteiger partial charge in [-0.3, -0.25) is 4.79 Å². The Hall–Kier alpha value is -1.36. The fraction of sp³-hybridized carbons (Fsp3) is 0.750. The minimum Gasteiger partial charge on any atom is -0.342 e. The summed E-state index contributed by atoms with van der Waals surface area (Å²) < 4.78 is 2.08. The van der Waals surface area contributed by atoms with E-state index in [0.29, 0.717) is 5.92 Å². The minimum atomic E-state index is 0.00465. The number of nitrogens with one attached hydrogen (secondary N) is 1. The van der Waals surface area contributed by atoms with Crippen molar-refractivity contribution in [3.05, 3.63) is 18.2 Å². The zero-order chi connectivity index (χ0) is 15.2. The van der Waals surface area contributed by atoms with Crippen LogP contribution in [0.1, 0.15) is 38.9 Å². The van der Waals surface area contributed by atoms with Gasteiger partial charge in [0.15, 0.2) is 0 Å². The van der Waals surface area contributed by atoms with Crippen LogP contribution < -0.4 is 5.32 Å². The molecule has 2 heterocycles. The highest BCUT2D eigenvalue weighted by molar-refractivity contribution is 5.82. The van der Waals surface area contributed by atoms with E-state index in [1.165, 1.54) is 0 Å². The summed E-state index contributed by atoms with van der Waals surface area (Å²) >= 11 is 0. The molecule has 1 aromatic heterocycles. The lowest BCUT2D eigenvalue weighted by Gasteiger charge is -2.32. The second-order valence-electron chi connectivity index (χ2n) is 5.90. The predicted octanol–water partition coefficient (Wildman–Crippen LogP) is 1.59. The molecule has 5 nitrogen and oxygen atoms in total. The SMILES string of the molecule is CCN(CC)C(=O)C1CC(CCc2nccn2C)CCN1. The molecule has 1 aromatic rings. The van der Waals surface area contributed by atoms with Gasteiger partial charge in [-0.05, 0) is 45.6 Å². The number of nitrogens with zero attached hydrogens (tertiary/aromatic N) is 3. The number of hydrogen-bond acceptors (Lipinski definition) is 3. The van der Waals surface area contributed by atoms with Crippen molar-refractivity contribution < 1.29 is 4.79 Å². The highest BCUT2D eigenvalue weighted by atomic mass is 16.2. The van der Waals surface area contributed by atoms with Crippen molar-refractivity contribution in [2.75, 3.05) is 19.6 Å². The number of piperidine rings is 1. The molecule has 2 atom stereocenters. The summed E-state index contributed by atoms with van der Waals surface area (Å²) in [6, 6.07) is 0.00465. The standard InChI is InChI=1S/C16H28N4O/c1-4-20(5-2)16(21)14-12-13(8-9-17-14)6-7-15-18-10-11-19(15)3/h10-11,13-14,17H,4-9,12H2,1-3H3. The predicted molar refractivity (Wildman–Crippen MR) is 84.0 cm³/mol. The molecule has 0 radical (unpaired) electrons. The molecular weight excluding hydrogens is 264 g/mol. The Morgan fingerprint density at radius 1 is 1.48 bits per heavy atom. The summed E-state index contributed by atoms with van der Waals surface area (Å²) in [5, 5.41) is 3.39. The summed E-state index contributed by atoms with van der Waals surface area (Å²) in [4.78, 5) is 18.8. The fourth-order valence-electron chi connectivity index (χ4n) is 3.17. The summed E-state index contributed by atoms with van der Waals surface area (Å²) in [7, 11) is 2.04. The van der Waals surface area contributed by atoms with Gasteiger partial charge < -0.3 is 14.8 Å². The molecular formula is C16H28N4O. The van der Waals surface area contributed by atoms with Gasteiger partial charge in [-0.2, -0.15) is 0 Å². The largest absolute Gasteiger partial charge is 0.342 e. The first-order valence-electron chi connectivity index (χ1n) is 8.14. The molecule has 0 spiro atoms. The maximum atomic E-state index is 12.4. The molecule has 2 unspecified atom stereocenters. The van der Waals surface area contributed by atoms with Crippen LogP contribution in [-0.4, -0.2) is 46.0 Å². The Kier molecular flexibility index (Phi) is 5.79. The molecule has 0 aliphatic carbocycles. The Labute approximate surface area is 127 Å². The molecule has 1 saturated heterocycles. The summed E-state index contributed by atoms with van der Waals surface area (Å²) in [5.41, 5.74) is 0. The maximum absolute atomic E-state index is 12.4. The lowest BCUT2D eigenvalue weighted by Crippen LogP contribution is -2.50. The molecule has 1 aliphatic rings. The second kappa shape index (κ2) is 7.59.